The second kappa shape index (κ2) is 8.41. The number of H-pyrrole nitrogens is 1. The molecule has 7 heteroatoms. The van der Waals surface area contributed by atoms with Gasteiger partial charge in [-0.1, -0.05) is 30.3 Å². The van der Waals surface area contributed by atoms with Gasteiger partial charge in [0.2, 0.25) is 5.91 Å². The zero-order chi connectivity index (χ0) is 24.2. The zero-order valence-electron chi connectivity index (χ0n) is 20.4. The summed E-state index contributed by atoms with van der Waals surface area (Å²) in [6.45, 7) is 5.44. The number of methoxy groups -OCH3 is 1. The molecule has 1 aromatic heterocycles. The second-order valence-corrected chi connectivity index (χ2v) is 10.2. The number of ether oxygens (including phenoxy) is 1. The molecule has 6 rings (SSSR count). The molecular formula is C28H32N4O3. The molecule has 0 bridgehead atoms. The van der Waals surface area contributed by atoms with Crippen molar-refractivity contribution in [3.8, 4) is 5.75 Å². The predicted molar refractivity (Wildman–Crippen MR) is 134 cm³/mol. The van der Waals surface area contributed by atoms with E-state index >= 15 is 0 Å². The van der Waals surface area contributed by atoms with Crippen LogP contribution in [-0.4, -0.2) is 70.8 Å². The lowest BCUT2D eigenvalue weighted by Crippen LogP contribution is -2.69. The molecule has 2 fully saturated rings. The highest BCUT2D eigenvalue weighted by molar-refractivity contribution is 6.01. The third-order valence-electron chi connectivity index (χ3n) is 8.26. The Morgan fingerprint density at radius 3 is 2.57 bits per heavy atom. The summed E-state index contributed by atoms with van der Waals surface area (Å²) in [6, 6.07) is 16.5. The number of carbonyl (C=O) groups is 2. The number of hydrogen-bond acceptors (Lipinski definition) is 4. The summed E-state index contributed by atoms with van der Waals surface area (Å²) in [5.41, 5.74) is 3.26. The fraction of sp³-hybridized carbons (Fsp3) is 0.429. The molecule has 1 atom stereocenters. The van der Waals surface area contributed by atoms with Gasteiger partial charge in [-0.15, -0.1) is 0 Å². The van der Waals surface area contributed by atoms with Gasteiger partial charge in [0, 0.05) is 43.1 Å². The first-order valence-corrected chi connectivity index (χ1v) is 12.6. The SMILES string of the molecule is COc1ccc2[nH]c3c(c2c1)CCN1C(=O)CN(C2CCN(Cc4ccccc4)CC2)C(=O)C31C. The Labute approximate surface area is 205 Å². The fourth-order valence-electron chi connectivity index (χ4n) is 6.32. The topological polar surface area (TPSA) is 68.9 Å². The van der Waals surface area contributed by atoms with E-state index in [0.717, 1.165) is 66.8 Å². The highest BCUT2D eigenvalue weighted by atomic mass is 16.5. The van der Waals surface area contributed by atoms with E-state index in [0.29, 0.717) is 6.54 Å². The quantitative estimate of drug-likeness (QED) is 0.633. The van der Waals surface area contributed by atoms with E-state index in [1.807, 2.05) is 36.1 Å². The fourth-order valence-corrected chi connectivity index (χ4v) is 6.32. The molecule has 0 saturated carbocycles. The van der Waals surface area contributed by atoms with Gasteiger partial charge in [-0.25, -0.2) is 0 Å². The van der Waals surface area contributed by atoms with Crippen LogP contribution in [0.3, 0.4) is 0 Å². The Morgan fingerprint density at radius 2 is 1.83 bits per heavy atom. The number of amides is 2. The van der Waals surface area contributed by atoms with Gasteiger partial charge in [0.25, 0.3) is 5.91 Å². The number of piperidine rings is 1. The van der Waals surface area contributed by atoms with E-state index in [1.54, 1.807) is 12.0 Å². The van der Waals surface area contributed by atoms with Crippen molar-refractivity contribution in [3.63, 3.8) is 0 Å². The van der Waals surface area contributed by atoms with E-state index < -0.39 is 5.54 Å². The number of likely N-dealkylation sites (tertiary alicyclic amines) is 1. The number of piperazine rings is 1. The van der Waals surface area contributed by atoms with Crippen LogP contribution >= 0.6 is 0 Å². The number of hydrogen-bond donors (Lipinski definition) is 1. The van der Waals surface area contributed by atoms with Crippen LogP contribution in [-0.2, 0) is 28.1 Å². The van der Waals surface area contributed by atoms with Gasteiger partial charge in [0.1, 0.15) is 12.3 Å². The number of benzene rings is 2. The Hall–Kier alpha value is -3.32. The van der Waals surface area contributed by atoms with Crippen molar-refractivity contribution in [2.75, 3.05) is 33.3 Å². The van der Waals surface area contributed by atoms with Gasteiger partial charge >= 0.3 is 0 Å². The van der Waals surface area contributed by atoms with Crippen molar-refractivity contribution in [1.29, 1.82) is 0 Å². The van der Waals surface area contributed by atoms with Crippen LogP contribution in [0.4, 0.5) is 0 Å². The van der Waals surface area contributed by atoms with Crippen LogP contribution in [0.2, 0.25) is 0 Å². The van der Waals surface area contributed by atoms with Crippen molar-refractivity contribution in [2.45, 2.75) is 44.3 Å². The first kappa shape index (κ1) is 22.2. The summed E-state index contributed by atoms with van der Waals surface area (Å²) in [5.74, 6) is 0.876. The van der Waals surface area contributed by atoms with Crippen LogP contribution < -0.4 is 4.74 Å². The van der Waals surface area contributed by atoms with Crippen molar-refractivity contribution < 1.29 is 14.3 Å². The summed E-state index contributed by atoms with van der Waals surface area (Å²) >= 11 is 0. The van der Waals surface area contributed by atoms with Gasteiger partial charge in [-0.3, -0.25) is 14.5 Å². The number of fused-ring (bicyclic) bond motifs is 5. The summed E-state index contributed by atoms with van der Waals surface area (Å²) in [4.78, 5) is 37.1. The molecule has 2 saturated heterocycles. The summed E-state index contributed by atoms with van der Waals surface area (Å²) < 4.78 is 5.44. The molecule has 3 aromatic rings. The maximum atomic E-state index is 14.1. The first-order valence-electron chi connectivity index (χ1n) is 12.6. The largest absolute Gasteiger partial charge is 0.497 e. The first-order chi connectivity index (χ1) is 17.0. The number of rotatable bonds is 4. The van der Waals surface area contributed by atoms with Crippen LogP contribution in [0, 0.1) is 0 Å². The number of aromatic nitrogens is 1. The van der Waals surface area contributed by atoms with Gasteiger partial charge in [-0.05, 0) is 55.5 Å². The molecule has 7 nitrogen and oxygen atoms in total. The maximum absolute atomic E-state index is 14.1. The van der Waals surface area contributed by atoms with Crippen LogP contribution in [0.25, 0.3) is 10.9 Å². The molecule has 3 aliphatic rings. The molecule has 2 aromatic carbocycles. The summed E-state index contributed by atoms with van der Waals surface area (Å²) in [7, 11) is 1.66. The highest BCUT2D eigenvalue weighted by Crippen LogP contribution is 2.43. The van der Waals surface area contributed by atoms with Gasteiger partial charge in [0.05, 0.1) is 12.8 Å². The van der Waals surface area contributed by atoms with E-state index in [-0.39, 0.29) is 24.4 Å². The maximum Gasteiger partial charge on any atom is 0.255 e. The molecule has 35 heavy (non-hydrogen) atoms. The lowest BCUT2D eigenvalue weighted by molar-refractivity contribution is -0.169. The molecule has 182 valence electrons. The molecule has 1 N–H and O–H groups in total. The minimum atomic E-state index is -1.00. The van der Waals surface area contributed by atoms with Crippen molar-refractivity contribution >= 4 is 22.7 Å². The third kappa shape index (κ3) is 3.52. The molecule has 0 spiro atoms. The van der Waals surface area contributed by atoms with E-state index in [9.17, 15) is 9.59 Å². The number of carbonyl (C=O) groups excluding carboxylic acids is 2. The van der Waals surface area contributed by atoms with Gasteiger partial charge in [-0.2, -0.15) is 0 Å². The predicted octanol–water partition coefficient (Wildman–Crippen LogP) is 3.28. The second-order valence-electron chi connectivity index (χ2n) is 10.2. The van der Waals surface area contributed by atoms with Gasteiger partial charge < -0.3 is 19.5 Å². The van der Waals surface area contributed by atoms with E-state index in [2.05, 4.69) is 34.1 Å². The number of nitrogens with one attached hydrogen (secondary N) is 1. The summed E-state index contributed by atoms with van der Waals surface area (Å²) in [5, 5.41) is 1.08. The molecule has 1 unspecified atom stereocenters. The van der Waals surface area contributed by atoms with E-state index in [4.69, 9.17) is 4.74 Å². The van der Waals surface area contributed by atoms with Crippen molar-refractivity contribution in [2.24, 2.45) is 0 Å². The van der Waals surface area contributed by atoms with Gasteiger partial charge in [0.15, 0.2) is 5.54 Å². The Morgan fingerprint density at radius 1 is 1.06 bits per heavy atom. The Balaban J connectivity index is 1.26. The number of aromatic amines is 1. The van der Waals surface area contributed by atoms with Crippen LogP contribution in [0.15, 0.2) is 48.5 Å². The average molecular weight is 473 g/mol. The summed E-state index contributed by atoms with van der Waals surface area (Å²) in [6.07, 6.45) is 2.51. The normalized spacial score (nSPS) is 23.5. The monoisotopic (exact) mass is 472 g/mol. The third-order valence-corrected chi connectivity index (χ3v) is 8.26. The molecule has 0 radical (unpaired) electrons. The standard InChI is InChI=1S/C28H32N4O3/c1-28-26-22(23-16-21(35-2)8-9-24(23)29-26)12-15-32(28)25(33)18-31(27(28)34)20-10-13-30(14-11-20)17-19-6-4-3-5-7-19/h3-9,16,20,29H,10-15,17-18H2,1-2H3. The smallest absolute Gasteiger partial charge is 0.255 e. The lowest BCUT2D eigenvalue weighted by Gasteiger charge is -2.52. The molecule has 4 heterocycles. The highest BCUT2D eigenvalue weighted by Gasteiger charge is 2.55. The van der Waals surface area contributed by atoms with Crippen LogP contribution in [0.1, 0.15) is 36.6 Å². The lowest BCUT2D eigenvalue weighted by atomic mass is 9.82. The minimum absolute atomic E-state index is 0.0399. The Kier molecular flexibility index (Phi) is 5.33. The van der Waals surface area contributed by atoms with Crippen molar-refractivity contribution in [1.82, 2.24) is 19.7 Å². The molecule has 2 amide bonds. The minimum Gasteiger partial charge on any atom is -0.497 e. The molecule has 0 aliphatic carbocycles. The number of nitrogens with zero attached hydrogens (tertiary/aromatic N) is 3. The van der Waals surface area contributed by atoms with E-state index in [1.165, 1.54) is 5.56 Å². The van der Waals surface area contributed by atoms with Crippen molar-refractivity contribution in [3.05, 3.63) is 65.4 Å². The molecular weight excluding hydrogens is 440 g/mol. The Bertz CT molecular complexity index is 1280. The van der Waals surface area contributed by atoms with Crippen LogP contribution in [0.5, 0.6) is 5.75 Å². The zero-order valence-corrected chi connectivity index (χ0v) is 20.4. The average Bonchev–Trinajstić information content (AvgIpc) is 3.26. The molecule has 3 aliphatic heterocycles.